The molecule has 1 aliphatic heterocycles. The van der Waals surface area contributed by atoms with E-state index in [1.165, 1.54) is 0 Å². The van der Waals surface area contributed by atoms with Crippen molar-refractivity contribution in [1.82, 2.24) is 10.2 Å². The third-order valence-electron chi connectivity index (χ3n) is 5.15. The maximum atomic E-state index is 12.5. The van der Waals surface area contributed by atoms with Crippen molar-refractivity contribution in [3.05, 3.63) is 54.1 Å². The van der Waals surface area contributed by atoms with Gasteiger partial charge in [0, 0.05) is 25.2 Å². The van der Waals surface area contributed by atoms with Crippen molar-refractivity contribution in [3.63, 3.8) is 0 Å². The summed E-state index contributed by atoms with van der Waals surface area (Å²) in [6, 6.07) is 12.7. The lowest BCUT2D eigenvalue weighted by atomic mass is 9.97. The Labute approximate surface area is 187 Å². The van der Waals surface area contributed by atoms with E-state index < -0.39 is 0 Å². The van der Waals surface area contributed by atoms with Crippen LogP contribution in [0.5, 0.6) is 23.0 Å². The van der Waals surface area contributed by atoms with Gasteiger partial charge < -0.3 is 29.2 Å². The molecular weight excluding hydrogens is 412 g/mol. The molecule has 0 aliphatic carbocycles. The molecule has 2 amide bonds. The lowest BCUT2D eigenvalue weighted by Gasteiger charge is -2.28. The number of methoxy groups -OCH3 is 3. The number of nitrogens with zero attached hydrogens (tertiary/aromatic N) is 1. The number of benzene rings is 2. The van der Waals surface area contributed by atoms with Crippen LogP contribution in [0.1, 0.15) is 12.0 Å². The Morgan fingerprint density at radius 2 is 1.66 bits per heavy atom. The molecule has 2 aromatic carbocycles. The highest BCUT2D eigenvalue weighted by Gasteiger charge is 2.23. The first kappa shape index (κ1) is 23.0. The van der Waals surface area contributed by atoms with E-state index in [1.54, 1.807) is 38.4 Å². The molecular formula is C24H28N2O6. The Bertz CT molecular complexity index is 949. The van der Waals surface area contributed by atoms with Gasteiger partial charge in [-0.05, 0) is 24.1 Å². The van der Waals surface area contributed by atoms with Crippen molar-refractivity contribution >= 4 is 17.4 Å². The standard InChI is InChI=1S/C24H28N2O6/c1-29-19-13-20(30-2)24(21(14-19)31-3)17-9-11-26(12-10-17)23(28)15-25-22(27)16-32-18-7-5-4-6-8-18/h4-9,13-14H,10-12,15-16H2,1-3H3,(H,25,27). The van der Waals surface area contributed by atoms with Gasteiger partial charge in [-0.2, -0.15) is 0 Å². The molecule has 0 bridgehead atoms. The van der Waals surface area contributed by atoms with Gasteiger partial charge in [-0.15, -0.1) is 0 Å². The highest BCUT2D eigenvalue weighted by atomic mass is 16.5. The average Bonchev–Trinajstić information content (AvgIpc) is 2.85. The van der Waals surface area contributed by atoms with Crippen molar-refractivity contribution in [3.8, 4) is 23.0 Å². The summed E-state index contributed by atoms with van der Waals surface area (Å²) in [6.45, 7) is 0.746. The van der Waals surface area contributed by atoms with E-state index in [-0.39, 0.29) is 25.0 Å². The number of carbonyl (C=O) groups excluding carboxylic acids is 2. The maximum Gasteiger partial charge on any atom is 0.258 e. The van der Waals surface area contributed by atoms with Gasteiger partial charge in [0.15, 0.2) is 6.61 Å². The first-order valence-electron chi connectivity index (χ1n) is 10.3. The van der Waals surface area contributed by atoms with Crippen LogP contribution in [0, 0.1) is 0 Å². The second kappa shape index (κ2) is 11.1. The van der Waals surface area contributed by atoms with Crippen molar-refractivity contribution in [2.24, 2.45) is 0 Å². The minimum absolute atomic E-state index is 0.0741. The second-order valence-corrected chi connectivity index (χ2v) is 7.10. The lowest BCUT2D eigenvalue weighted by molar-refractivity contribution is -0.133. The normalized spacial score (nSPS) is 13.1. The Hall–Kier alpha value is -3.68. The molecule has 3 rings (SSSR count). The van der Waals surface area contributed by atoms with Crippen molar-refractivity contribution in [1.29, 1.82) is 0 Å². The number of hydrogen-bond acceptors (Lipinski definition) is 6. The van der Waals surface area contributed by atoms with Crippen LogP contribution in [0.4, 0.5) is 0 Å². The number of rotatable bonds is 9. The van der Waals surface area contributed by atoms with Crippen LogP contribution in [0.3, 0.4) is 0 Å². The van der Waals surface area contributed by atoms with E-state index in [0.717, 1.165) is 11.1 Å². The number of hydrogen-bond donors (Lipinski definition) is 1. The molecule has 0 spiro atoms. The van der Waals surface area contributed by atoms with Gasteiger partial charge in [-0.3, -0.25) is 9.59 Å². The maximum absolute atomic E-state index is 12.5. The lowest BCUT2D eigenvalue weighted by Crippen LogP contribution is -2.43. The minimum Gasteiger partial charge on any atom is -0.496 e. The zero-order chi connectivity index (χ0) is 22.9. The SMILES string of the molecule is COc1cc(OC)c(C2=CCN(C(=O)CNC(=O)COc3ccccc3)CC2)c(OC)c1. The third kappa shape index (κ3) is 5.72. The molecule has 0 saturated heterocycles. The molecule has 1 N–H and O–H groups in total. The summed E-state index contributed by atoms with van der Waals surface area (Å²) in [7, 11) is 4.78. The predicted molar refractivity (Wildman–Crippen MR) is 120 cm³/mol. The highest BCUT2D eigenvalue weighted by Crippen LogP contribution is 2.40. The Balaban J connectivity index is 1.56. The quantitative estimate of drug-likeness (QED) is 0.645. The van der Waals surface area contributed by atoms with Crippen molar-refractivity contribution in [2.45, 2.75) is 6.42 Å². The predicted octanol–water partition coefficient (Wildman–Crippen LogP) is 2.52. The van der Waals surface area contributed by atoms with Gasteiger partial charge >= 0.3 is 0 Å². The van der Waals surface area contributed by atoms with Gasteiger partial charge in [0.2, 0.25) is 5.91 Å². The van der Waals surface area contributed by atoms with Crippen LogP contribution in [-0.4, -0.2) is 64.3 Å². The topological polar surface area (TPSA) is 86.3 Å². The van der Waals surface area contributed by atoms with Crippen molar-refractivity contribution in [2.75, 3.05) is 47.6 Å². The summed E-state index contributed by atoms with van der Waals surface area (Å²) < 4.78 is 21.8. The fourth-order valence-corrected chi connectivity index (χ4v) is 3.45. The molecule has 1 heterocycles. The Kier molecular flexibility index (Phi) is 7.96. The van der Waals surface area contributed by atoms with E-state index in [9.17, 15) is 9.59 Å². The van der Waals surface area contributed by atoms with Gasteiger partial charge in [-0.1, -0.05) is 24.3 Å². The van der Waals surface area contributed by atoms with Gasteiger partial charge in [0.25, 0.3) is 5.91 Å². The van der Waals surface area contributed by atoms with Crippen LogP contribution in [-0.2, 0) is 9.59 Å². The van der Waals surface area contributed by atoms with Gasteiger partial charge in [0.1, 0.15) is 23.0 Å². The van der Waals surface area contributed by atoms with Crippen LogP contribution >= 0.6 is 0 Å². The molecule has 8 heteroatoms. The second-order valence-electron chi connectivity index (χ2n) is 7.10. The smallest absolute Gasteiger partial charge is 0.258 e. The van der Waals surface area contributed by atoms with Gasteiger partial charge in [0.05, 0.1) is 33.4 Å². The van der Waals surface area contributed by atoms with E-state index in [2.05, 4.69) is 5.32 Å². The molecule has 0 atom stereocenters. The van der Waals surface area contributed by atoms with Gasteiger partial charge in [-0.25, -0.2) is 0 Å². The zero-order valence-electron chi connectivity index (χ0n) is 18.6. The molecule has 0 radical (unpaired) electrons. The molecule has 0 aromatic heterocycles. The fraction of sp³-hybridized carbons (Fsp3) is 0.333. The summed E-state index contributed by atoms with van der Waals surface area (Å²) in [5, 5.41) is 2.61. The third-order valence-corrected chi connectivity index (χ3v) is 5.15. The summed E-state index contributed by atoms with van der Waals surface area (Å²) in [6.07, 6.45) is 2.62. The number of amides is 2. The number of carbonyl (C=O) groups is 2. The largest absolute Gasteiger partial charge is 0.496 e. The van der Waals surface area contributed by atoms with Crippen molar-refractivity contribution < 1.29 is 28.5 Å². The summed E-state index contributed by atoms with van der Waals surface area (Å²) >= 11 is 0. The molecule has 2 aromatic rings. The molecule has 1 aliphatic rings. The number of nitrogens with one attached hydrogen (secondary N) is 1. The Morgan fingerprint density at radius 1 is 0.969 bits per heavy atom. The monoisotopic (exact) mass is 440 g/mol. The van der Waals surface area contributed by atoms with Crippen LogP contribution in [0.15, 0.2) is 48.5 Å². The molecule has 0 fully saturated rings. The first-order valence-corrected chi connectivity index (χ1v) is 10.3. The van der Waals surface area contributed by atoms with E-state index in [0.29, 0.717) is 42.5 Å². The molecule has 8 nitrogen and oxygen atoms in total. The number of ether oxygens (including phenoxy) is 4. The van der Waals surface area contributed by atoms with Crippen LogP contribution in [0.2, 0.25) is 0 Å². The molecule has 0 unspecified atom stereocenters. The van der Waals surface area contributed by atoms with Crippen LogP contribution < -0.4 is 24.3 Å². The first-order chi connectivity index (χ1) is 15.5. The van der Waals surface area contributed by atoms with E-state index in [4.69, 9.17) is 18.9 Å². The fourth-order valence-electron chi connectivity index (χ4n) is 3.45. The molecule has 0 saturated carbocycles. The number of para-hydroxylation sites is 1. The summed E-state index contributed by atoms with van der Waals surface area (Å²) in [4.78, 5) is 26.2. The molecule has 170 valence electrons. The highest BCUT2D eigenvalue weighted by molar-refractivity contribution is 5.86. The summed E-state index contributed by atoms with van der Waals surface area (Å²) in [5.74, 6) is 2.05. The summed E-state index contributed by atoms with van der Waals surface area (Å²) in [5.41, 5.74) is 1.89. The minimum atomic E-state index is -0.344. The van der Waals surface area contributed by atoms with E-state index >= 15 is 0 Å². The van der Waals surface area contributed by atoms with E-state index in [1.807, 2.05) is 36.4 Å². The average molecular weight is 440 g/mol. The molecule has 32 heavy (non-hydrogen) atoms. The van der Waals surface area contributed by atoms with Crippen LogP contribution in [0.25, 0.3) is 5.57 Å². The zero-order valence-corrected chi connectivity index (χ0v) is 18.6. The Morgan fingerprint density at radius 3 is 2.22 bits per heavy atom.